The molecule has 0 radical (unpaired) electrons. The Labute approximate surface area is 99.7 Å². The van der Waals surface area contributed by atoms with Crippen molar-refractivity contribution in [3.05, 3.63) is 48.7 Å². The fourth-order valence-corrected chi connectivity index (χ4v) is 1.63. The zero-order valence-corrected chi connectivity index (χ0v) is 9.50. The van der Waals surface area contributed by atoms with Crippen molar-refractivity contribution < 1.29 is 4.79 Å². The van der Waals surface area contributed by atoms with E-state index < -0.39 is 0 Å². The van der Waals surface area contributed by atoms with Gasteiger partial charge in [-0.25, -0.2) is 4.98 Å². The molecule has 17 heavy (non-hydrogen) atoms. The Morgan fingerprint density at radius 1 is 1.18 bits per heavy atom. The van der Waals surface area contributed by atoms with E-state index in [-0.39, 0.29) is 5.91 Å². The summed E-state index contributed by atoms with van der Waals surface area (Å²) in [7, 11) is 0. The first-order chi connectivity index (χ1) is 8.20. The molecule has 0 unspecified atom stereocenters. The second-order valence-corrected chi connectivity index (χ2v) is 3.61. The molecule has 0 saturated carbocycles. The zero-order valence-electron chi connectivity index (χ0n) is 9.50. The molecule has 0 aliphatic heterocycles. The first kappa shape index (κ1) is 11.1. The molecule has 1 aromatic heterocycles. The fraction of sp³-hybridized carbons (Fsp3) is 0.0769. The molecular weight excluding hydrogens is 214 g/mol. The maximum Gasteiger partial charge on any atom is 0.229 e. The number of nitrogen functional groups attached to an aromatic ring is 1. The van der Waals surface area contributed by atoms with Crippen molar-refractivity contribution in [2.45, 2.75) is 6.92 Å². The number of anilines is 3. The van der Waals surface area contributed by atoms with Gasteiger partial charge in [-0.15, -0.1) is 0 Å². The summed E-state index contributed by atoms with van der Waals surface area (Å²) in [5.41, 5.74) is 7.07. The molecule has 4 heteroatoms. The number of aromatic nitrogens is 1. The number of nitrogens with two attached hydrogens (primary N) is 1. The van der Waals surface area contributed by atoms with Crippen LogP contribution in [0.1, 0.15) is 6.92 Å². The zero-order chi connectivity index (χ0) is 12.3. The molecule has 4 nitrogen and oxygen atoms in total. The van der Waals surface area contributed by atoms with Crippen molar-refractivity contribution in [2.75, 3.05) is 10.6 Å². The second kappa shape index (κ2) is 4.65. The Kier molecular flexibility index (Phi) is 3.05. The van der Waals surface area contributed by atoms with Gasteiger partial charge in [0.1, 0.15) is 0 Å². The second-order valence-electron chi connectivity index (χ2n) is 3.61. The third kappa shape index (κ3) is 2.25. The topological polar surface area (TPSA) is 59.2 Å². The minimum absolute atomic E-state index is 0.124. The molecule has 0 saturated heterocycles. The standard InChI is InChI=1S/C13H13N3O/c1-10(17)16(11-6-3-2-4-7-11)13-12(14)8-5-9-15-13/h2-9H,14H2,1H3. The monoisotopic (exact) mass is 227 g/mol. The number of rotatable bonds is 2. The first-order valence-electron chi connectivity index (χ1n) is 5.26. The lowest BCUT2D eigenvalue weighted by Crippen LogP contribution is -2.24. The predicted molar refractivity (Wildman–Crippen MR) is 67.9 cm³/mol. The van der Waals surface area contributed by atoms with Crippen LogP contribution >= 0.6 is 0 Å². The summed E-state index contributed by atoms with van der Waals surface area (Å²) < 4.78 is 0. The van der Waals surface area contributed by atoms with Crippen LogP contribution in [-0.4, -0.2) is 10.9 Å². The number of benzene rings is 1. The van der Waals surface area contributed by atoms with Crippen LogP contribution in [0.4, 0.5) is 17.2 Å². The molecule has 2 aromatic rings. The highest BCUT2D eigenvalue weighted by atomic mass is 16.2. The van der Waals surface area contributed by atoms with E-state index in [1.54, 1.807) is 18.3 Å². The van der Waals surface area contributed by atoms with Gasteiger partial charge in [-0.3, -0.25) is 9.69 Å². The normalized spacial score (nSPS) is 9.94. The van der Waals surface area contributed by atoms with Crippen LogP contribution < -0.4 is 10.6 Å². The summed E-state index contributed by atoms with van der Waals surface area (Å²) in [5.74, 6) is 0.341. The summed E-state index contributed by atoms with van der Waals surface area (Å²) in [6.07, 6.45) is 1.62. The van der Waals surface area contributed by atoms with E-state index >= 15 is 0 Å². The van der Waals surface area contributed by atoms with Crippen molar-refractivity contribution in [2.24, 2.45) is 0 Å². The van der Waals surface area contributed by atoms with Crippen LogP contribution in [0.25, 0.3) is 0 Å². The minimum Gasteiger partial charge on any atom is -0.396 e. The predicted octanol–water partition coefficient (Wildman–Crippen LogP) is 2.35. The number of carbonyl (C=O) groups excluding carboxylic acids is 1. The summed E-state index contributed by atoms with van der Waals surface area (Å²) in [4.78, 5) is 17.4. The molecule has 2 rings (SSSR count). The van der Waals surface area contributed by atoms with Gasteiger partial charge < -0.3 is 5.73 Å². The van der Waals surface area contributed by atoms with E-state index in [4.69, 9.17) is 5.73 Å². The van der Waals surface area contributed by atoms with E-state index in [1.807, 2.05) is 30.3 Å². The van der Waals surface area contributed by atoms with Gasteiger partial charge in [-0.1, -0.05) is 18.2 Å². The van der Waals surface area contributed by atoms with E-state index in [9.17, 15) is 4.79 Å². The van der Waals surface area contributed by atoms with Gasteiger partial charge >= 0.3 is 0 Å². The molecule has 0 bridgehead atoms. The third-order valence-electron chi connectivity index (χ3n) is 2.36. The van der Waals surface area contributed by atoms with Gasteiger partial charge in [0.15, 0.2) is 5.82 Å². The van der Waals surface area contributed by atoms with Crippen molar-refractivity contribution in [3.63, 3.8) is 0 Å². The van der Waals surface area contributed by atoms with Crippen LogP contribution in [0.5, 0.6) is 0 Å². The Morgan fingerprint density at radius 2 is 1.88 bits per heavy atom. The average Bonchev–Trinajstić information content (AvgIpc) is 2.33. The van der Waals surface area contributed by atoms with E-state index in [2.05, 4.69) is 4.98 Å². The molecule has 1 heterocycles. The van der Waals surface area contributed by atoms with Crippen molar-refractivity contribution >= 4 is 23.1 Å². The first-order valence-corrected chi connectivity index (χ1v) is 5.26. The number of pyridine rings is 1. The maximum absolute atomic E-state index is 11.7. The number of hydrogen-bond acceptors (Lipinski definition) is 3. The van der Waals surface area contributed by atoms with Gasteiger partial charge in [-0.05, 0) is 24.3 Å². The maximum atomic E-state index is 11.7. The molecule has 86 valence electrons. The highest BCUT2D eigenvalue weighted by molar-refractivity contribution is 6.00. The van der Waals surface area contributed by atoms with Gasteiger partial charge in [0.05, 0.1) is 11.4 Å². The van der Waals surface area contributed by atoms with Crippen LogP contribution in [0.15, 0.2) is 48.7 Å². The van der Waals surface area contributed by atoms with Crippen molar-refractivity contribution in [3.8, 4) is 0 Å². The number of carbonyl (C=O) groups is 1. The van der Waals surface area contributed by atoms with Crippen LogP contribution in [0.3, 0.4) is 0 Å². The highest BCUT2D eigenvalue weighted by Gasteiger charge is 2.16. The van der Waals surface area contributed by atoms with E-state index in [0.29, 0.717) is 11.5 Å². The lowest BCUT2D eigenvalue weighted by molar-refractivity contribution is -0.115. The molecule has 1 amide bonds. The van der Waals surface area contributed by atoms with Gasteiger partial charge in [-0.2, -0.15) is 0 Å². The van der Waals surface area contributed by atoms with Crippen molar-refractivity contribution in [1.29, 1.82) is 0 Å². The van der Waals surface area contributed by atoms with Gasteiger partial charge in [0.2, 0.25) is 5.91 Å². The lowest BCUT2D eigenvalue weighted by atomic mass is 10.2. The molecule has 0 fully saturated rings. The third-order valence-corrected chi connectivity index (χ3v) is 2.36. The summed E-state index contributed by atoms with van der Waals surface area (Å²) in [6.45, 7) is 1.49. The Morgan fingerprint density at radius 3 is 2.47 bits per heavy atom. The molecule has 1 aromatic carbocycles. The largest absolute Gasteiger partial charge is 0.396 e. The number of hydrogen-bond donors (Lipinski definition) is 1. The fourth-order valence-electron chi connectivity index (χ4n) is 1.63. The SMILES string of the molecule is CC(=O)N(c1ccccc1)c1ncccc1N. The minimum atomic E-state index is -0.124. The Bertz CT molecular complexity index is 525. The van der Waals surface area contributed by atoms with E-state index in [0.717, 1.165) is 5.69 Å². The van der Waals surface area contributed by atoms with Gasteiger partial charge in [0.25, 0.3) is 0 Å². The molecule has 0 spiro atoms. The average molecular weight is 227 g/mol. The number of para-hydroxylation sites is 1. The summed E-state index contributed by atoms with van der Waals surface area (Å²) in [6, 6.07) is 12.8. The van der Waals surface area contributed by atoms with Crippen LogP contribution in [0.2, 0.25) is 0 Å². The lowest BCUT2D eigenvalue weighted by Gasteiger charge is -2.21. The van der Waals surface area contributed by atoms with Crippen molar-refractivity contribution in [1.82, 2.24) is 4.98 Å². The summed E-state index contributed by atoms with van der Waals surface area (Å²) >= 11 is 0. The number of nitrogens with zero attached hydrogens (tertiary/aromatic N) is 2. The molecule has 0 aliphatic carbocycles. The highest BCUT2D eigenvalue weighted by Crippen LogP contribution is 2.27. The Balaban J connectivity index is 2.51. The molecule has 0 aliphatic rings. The van der Waals surface area contributed by atoms with Crippen LogP contribution in [-0.2, 0) is 4.79 Å². The van der Waals surface area contributed by atoms with Crippen LogP contribution in [0, 0.1) is 0 Å². The smallest absolute Gasteiger partial charge is 0.229 e. The molecular formula is C13H13N3O. The Hall–Kier alpha value is -2.36. The molecule has 2 N–H and O–H groups in total. The number of amides is 1. The summed E-state index contributed by atoms with van der Waals surface area (Å²) in [5, 5.41) is 0. The van der Waals surface area contributed by atoms with E-state index in [1.165, 1.54) is 11.8 Å². The molecule has 0 atom stereocenters. The quantitative estimate of drug-likeness (QED) is 0.856. The van der Waals surface area contributed by atoms with Gasteiger partial charge in [0, 0.05) is 13.1 Å².